The summed E-state index contributed by atoms with van der Waals surface area (Å²) in [4.78, 5) is 23.2. The van der Waals surface area contributed by atoms with E-state index in [0.717, 1.165) is 37.3 Å². The number of nitrogens with zero attached hydrogens (tertiary/aromatic N) is 4. The number of ether oxygens (including phenoxy) is 1. The van der Waals surface area contributed by atoms with Gasteiger partial charge in [0.15, 0.2) is 0 Å². The summed E-state index contributed by atoms with van der Waals surface area (Å²) in [5.41, 5.74) is 1.40. The molecule has 8 nitrogen and oxygen atoms in total. The summed E-state index contributed by atoms with van der Waals surface area (Å²) in [6.07, 6.45) is 6.36. The first-order valence-electron chi connectivity index (χ1n) is 8.97. The molecule has 2 aliphatic rings. The molecule has 2 aromatic heterocycles. The minimum Gasteiger partial charge on any atom is -0.380 e. The van der Waals surface area contributed by atoms with E-state index < -0.39 is 0 Å². The summed E-state index contributed by atoms with van der Waals surface area (Å²) in [5.74, 6) is 1.68. The van der Waals surface area contributed by atoms with Gasteiger partial charge < -0.3 is 19.5 Å². The van der Waals surface area contributed by atoms with Crippen LogP contribution in [-0.4, -0.2) is 53.4 Å². The van der Waals surface area contributed by atoms with Crippen molar-refractivity contribution in [3.05, 3.63) is 35.6 Å². The van der Waals surface area contributed by atoms with Crippen LogP contribution in [0.25, 0.3) is 0 Å². The van der Waals surface area contributed by atoms with Gasteiger partial charge in [0.25, 0.3) is 5.91 Å². The average Bonchev–Trinajstić information content (AvgIpc) is 3.31. The molecule has 2 atom stereocenters. The van der Waals surface area contributed by atoms with Gasteiger partial charge in [-0.3, -0.25) is 4.79 Å². The zero-order chi connectivity index (χ0) is 18.1. The Bertz CT molecular complexity index is 774. The van der Waals surface area contributed by atoms with Crippen molar-refractivity contribution in [3.63, 3.8) is 0 Å². The van der Waals surface area contributed by atoms with Crippen molar-refractivity contribution < 1.29 is 14.1 Å². The fraction of sp³-hybridized carbons (Fsp3) is 0.556. The highest BCUT2D eigenvalue weighted by molar-refractivity contribution is 5.96. The summed E-state index contributed by atoms with van der Waals surface area (Å²) >= 11 is 0. The van der Waals surface area contributed by atoms with E-state index in [4.69, 9.17) is 9.26 Å². The first-order valence-corrected chi connectivity index (χ1v) is 8.97. The molecule has 2 fully saturated rings. The molecule has 0 spiro atoms. The number of nitrogens with one attached hydrogen (secondary N) is 1. The van der Waals surface area contributed by atoms with Crippen molar-refractivity contribution in [2.75, 3.05) is 25.1 Å². The fourth-order valence-electron chi connectivity index (χ4n) is 3.57. The lowest BCUT2D eigenvalue weighted by Crippen LogP contribution is -2.40. The van der Waals surface area contributed by atoms with Crippen molar-refractivity contribution in [1.29, 1.82) is 0 Å². The molecule has 0 unspecified atom stereocenters. The summed E-state index contributed by atoms with van der Waals surface area (Å²) in [5, 5.41) is 7.14. The molecular weight excluding hydrogens is 334 g/mol. The Hall–Kier alpha value is -2.48. The molecule has 1 N–H and O–H groups in total. The molecule has 2 aromatic rings. The molecule has 8 heteroatoms. The maximum atomic E-state index is 12.7. The van der Waals surface area contributed by atoms with Crippen LogP contribution in [0, 0.1) is 6.92 Å². The minimum absolute atomic E-state index is 0.114. The van der Waals surface area contributed by atoms with E-state index in [2.05, 4.69) is 25.3 Å². The third kappa shape index (κ3) is 3.29. The second-order valence-corrected chi connectivity index (χ2v) is 6.95. The maximum Gasteiger partial charge on any atom is 0.256 e. The zero-order valence-electron chi connectivity index (χ0n) is 15.0. The molecule has 4 rings (SSSR count). The van der Waals surface area contributed by atoms with E-state index >= 15 is 0 Å². The van der Waals surface area contributed by atoms with Gasteiger partial charge in [0.2, 0.25) is 0 Å². The largest absolute Gasteiger partial charge is 0.380 e. The number of hydrogen-bond donors (Lipinski definition) is 1. The molecule has 1 aliphatic heterocycles. The third-order valence-electron chi connectivity index (χ3n) is 5.15. The predicted molar refractivity (Wildman–Crippen MR) is 94.1 cm³/mol. The summed E-state index contributed by atoms with van der Waals surface area (Å²) in [6.45, 7) is 3.04. The van der Waals surface area contributed by atoms with E-state index in [1.165, 1.54) is 6.33 Å². The van der Waals surface area contributed by atoms with Gasteiger partial charge in [0.05, 0.1) is 17.8 Å². The third-order valence-corrected chi connectivity index (χ3v) is 5.15. The van der Waals surface area contributed by atoms with E-state index in [1.807, 2.05) is 6.07 Å². The van der Waals surface area contributed by atoms with Gasteiger partial charge in [-0.05, 0) is 32.3 Å². The first-order chi connectivity index (χ1) is 12.7. The van der Waals surface area contributed by atoms with Crippen LogP contribution < -0.4 is 10.2 Å². The average molecular weight is 357 g/mol. The van der Waals surface area contributed by atoms with Gasteiger partial charge in [-0.2, -0.15) is 0 Å². The van der Waals surface area contributed by atoms with Crippen LogP contribution in [-0.2, 0) is 4.74 Å². The normalized spacial score (nSPS) is 22.6. The molecule has 3 heterocycles. The Morgan fingerprint density at radius 3 is 3.00 bits per heavy atom. The topological polar surface area (TPSA) is 93.4 Å². The van der Waals surface area contributed by atoms with Crippen LogP contribution in [0.3, 0.4) is 0 Å². The molecular formula is C18H23N5O3. The molecule has 0 bridgehead atoms. The molecule has 1 aliphatic carbocycles. The lowest BCUT2D eigenvalue weighted by molar-refractivity contribution is 0.0944. The van der Waals surface area contributed by atoms with Crippen molar-refractivity contribution >= 4 is 11.7 Å². The Morgan fingerprint density at radius 1 is 1.46 bits per heavy atom. The van der Waals surface area contributed by atoms with Crippen molar-refractivity contribution in [1.82, 2.24) is 20.4 Å². The predicted octanol–water partition coefficient (Wildman–Crippen LogP) is 1.67. The Kier molecular flexibility index (Phi) is 4.58. The fourth-order valence-corrected chi connectivity index (χ4v) is 3.57. The second kappa shape index (κ2) is 7.03. The Labute approximate surface area is 151 Å². The Morgan fingerprint density at radius 2 is 2.31 bits per heavy atom. The number of aromatic nitrogens is 3. The number of aryl methyl sites for hydroxylation is 1. The highest BCUT2D eigenvalue weighted by Crippen LogP contribution is 2.41. The van der Waals surface area contributed by atoms with Crippen molar-refractivity contribution in [3.8, 4) is 0 Å². The molecule has 138 valence electrons. The standard InChI is InChI=1S/C18H23N5O3/c1-11-16(17(22-26-11)12-3-4-12)18(24)20-8-13-7-14(25-2)9-23(13)15-5-6-19-10-21-15/h5-6,10,12-14H,3-4,7-9H2,1-2H3,(H,20,24)/t13-,14-/m1/s1. The molecule has 1 amide bonds. The van der Waals surface area contributed by atoms with E-state index in [9.17, 15) is 4.79 Å². The number of amides is 1. The van der Waals surface area contributed by atoms with Gasteiger partial charge >= 0.3 is 0 Å². The van der Waals surface area contributed by atoms with Crippen LogP contribution >= 0.6 is 0 Å². The minimum atomic E-state index is -0.117. The highest BCUT2D eigenvalue weighted by atomic mass is 16.5. The van der Waals surface area contributed by atoms with Gasteiger partial charge in [-0.25, -0.2) is 9.97 Å². The molecule has 1 saturated heterocycles. The number of carbonyl (C=O) groups is 1. The molecule has 26 heavy (non-hydrogen) atoms. The molecule has 0 aromatic carbocycles. The number of carbonyl (C=O) groups excluding carboxylic acids is 1. The van der Waals surface area contributed by atoms with Gasteiger partial charge in [-0.1, -0.05) is 5.16 Å². The van der Waals surface area contributed by atoms with Crippen LogP contribution in [0.1, 0.15) is 47.0 Å². The van der Waals surface area contributed by atoms with Gasteiger partial charge in [-0.15, -0.1) is 0 Å². The van der Waals surface area contributed by atoms with Crippen LogP contribution in [0.4, 0.5) is 5.82 Å². The smallest absolute Gasteiger partial charge is 0.256 e. The molecule has 0 radical (unpaired) electrons. The van der Waals surface area contributed by atoms with Crippen LogP contribution in [0.2, 0.25) is 0 Å². The number of rotatable bonds is 6. The van der Waals surface area contributed by atoms with Gasteiger partial charge in [0, 0.05) is 32.3 Å². The highest BCUT2D eigenvalue weighted by Gasteiger charge is 2.35. The Balaban J connectivity index is 1.46. The van der Waals surface area contributed by atoms with Crippen LogP contribution in [0.15, 0.2) is 23.1 Å². The summed E-state index contributed by atoms with van der Waals surface area (Å²) in [7, 11) is 1.71. The molecule has 1 saturated carbocycles. The van der Waals surface area contributed by atoms with Crippen LogP contribution in [0.5, 0.6) is 0 Å². The lowest BCUT2D eigenvalue weighted by Gasteiger charge is -2.25. The maximum absolute atomic E-state index is 12.7. The SMILES string of the molecule is CO[C@@H]1C[C@H](CNC(=O)c2c(C3CC3)noc2C)N(c2ccncn2)C1. The number of methoxy groups -OCH3 is 1. The monoisotopic (exact) mass is 357 g/mol. The summed E-state index contributed by atoms with van der Waals surface area (Å²) < 4.78 is 10.8. The number of anilines is 1. The lowest BCUT2D eigenvalue weighted by atomic mass is 10.1. The van der Waals surface area contributed by atoms with Gasteiger partial charge in [0.1, 0.15) is 23.5 Å². The first kappa shape index (κ1) is 17.0. The van der Waals surface area contributed by atoms with Crippen molar-refractivity contribution in [2.45, 2.75) is 44.2 Å². The summed E-state index contributed by atoms with van der Waals surface area (Å²) in [6, 6.07) is 1.99. The quantitative estimate of drug-likeness (QED) is 0.840. The zero-order valence-corrected chi connectivity index (χ0v) is 15.0. The second-order valence-electron chi connectivity index (χ2n) is 6.95. The van der Waals surface area contributed by atoms with E-state index in [1.54, 1.807) is 20.2 Å². The van der Waals surface area contributed by atoms with Crippen molar-refractivity contribution in [2.24, 2.45) is 0 Å². The van der Waals surface area contributed by atoms with E-state index in [-0.39, 0.29) is 18.1 Å². The van der Waals surface area contributed by atoms with E-state index in [0.29, 0.717) is 23.8 Å². The number of hydrogen-bond acceptors (Lipinski definition) is 7.